The van der Waals surface area contributed by atoms with Gasteiger partial charge in [-0.1, -0.05) is 57.4 Å². The van der Waals surface area contributed by atoms with E-state index in [0.717, 1.165) is 44.9 Å². The Labute approximate surface area is 183 Å². The fourth-order valence-electron chi connectivity index (χ4n) is 7.57. The van der Waals surface area contributed by atoms with Gasteiger partial charge in [-0.15, -0.1) is 0 Å². The first kappa shape index (κ1) is 22.3. The van der Waals surface area contributed by atoms with Crippen molar-refractivity contribution >= 4 is 5.78 Å². The molecule has 0 saturated heterocycles. The Morgan fingerprint density at radius 1 is 1.13 bits per heavy atom. The molecule has 30 heavy (non-hydrogen) atoms. The van der Waals surface area contributed by atoms with Gasteiger partial charge in [0.2, 0.25) is 0 Å². The van der Waals surface area contributed by atoms with Crippen LogP contribution < -0.4 is 0 Å². The molecular weight excluding hydrogens is 372 g/mol. The van der Waals surface area contributed by atoms with Gasteiger partial charge in [-0.25, -0.2) is 0 Å². The maximum atomic E-state index is 12.5. The highest BCUT2D eigenvalue weighted by Gasteiger charge is 2.54. The van der Waals surface area contributed by atoms with E-state index in [0.29, 0.717) is 36.4 Å². The van der Waals surface area contributed by atoms with Crippen LogP contribution in [0.2, 0.25) is 0 Å². The van der Waals surface area contributed by atoms with Crippen LogP contribution in [0.25, 0.3) is 0 Å². The van der Waals surface area contributed by atoms with Gasteiger partial charge in [0.05, 0.1) is 12.2 Å². The highest BCUT2D eigenvalue weighted by molar-refractivity contribution is 5.79. The lowest BCUT2D eigenvalue weighted by atomic mass is 9.51. The molecule has 7 atom stereocenters. The smallest absolute Gasteiger partial charge is 0.133 e. The average Bonchev–Trinajstić information content (AvgIpc) is 3.01. The second-order valence-corrected chi connectivity index (χ2v) is 11.8. The lowest BCUT2D eigenvalue weighted by molar-refractivity contribution is -0.121. The normalized spacial score (nSPS) is 41.8. The number of aliphatic hydroxyl groups is 2. The monoisotopic (exact) mass is 414 g/mol. The summed E-state index contributed by atoms with van der Waals surface area (Å²) in [6.45, 7) is 11.3. The summed E-state index contributed by atoms with van der Waals surface area (Å²) in [6.07, 6.45) is 9.95. The molecule has 0 aliphatic heterocycles. The largest absolute Gasteiger partial charge is 0.393 e. The fraction of sp³-hybridized carbons (Fsp3) is 0.815. The minimum atomic E-state index is -0.323. The number of rotatable bonds is 5. The van der Waals surface area contributed by atoms with Crippen LogP contribution in [0.3, 0.4) is 0 Å². The summed E-state index contributed by atoms with van der Waals surface area (Å²) in [7, 11) is 0. The summed E-state index contributed by atoms with van der Waals surface area (Å²) < 4.78 is 0. The van der Waals surface area contributed by atoms with Crippen molar-refractivity contribution in [1.82, 2.24) is 0 Å². The Morgan fingerprint density at radius 2 is 1.87 bits per heavy atom. The molecule has 0 aromatic rings. The number of fused-ring (bicyclic) bond motifs is 4. The zero-order valence-corrected chi connectivity index (χ0v) is 19.7. The summed E-state index contributed by atoms with van der Waals surface area (Å²) in [4.78, 5) is 12.5. The summed E-state index contributed by atoms with van der Waals surface area (Å²) in [5, 5.41) is 21.3. The summed E-state index contributed by atoms with van der Waals surface area (Å²) in [6, 6.07) is 0. The number of hydrogen-bond donors (Lipinski definition) is 2. The predicted octanol–water partition coefficient (Wildman–Crippen LogP) is 5.60. The lowest BCUT2D eigenvalue weighted by Crippen LogP contribution is -2.50. The SMILES string of the molecule is CC(C)CC(=O)CC(C)[C@]1(C)CCC2=C1CC=C1C2C[C@H](O)[C@H]2C[C@@H](O)CC[C@]12C. The molecular formula is C27H42O3. The van der Waals surface area contributed by atoms with Crippen molar-refractivity contribution in [3.8, 4) is 0 Å². The molecule has 3 heteroatoms. The third-order valence-corrected chi connectivity index (χ3v) is 9.51. The standard InChI is InChI=1S/C27H42O3/c1-16(2)12-19(29)13-17(3)26(4)11-9-20-21-15-25(30)24-14-18(28)8-10-27(24,5)23(21)7-6-22(20)26/h7,16-18,21,24-25,28,30H,6,8-15H2,1-5H3/t17?,18-,21?,24+,25-,26-,27+/m0/s1. The number of ketones is 1. The van der Waals surface area contributed by atoms with Crippen molar-refractivity contribution in [3.05, 3.63) is 22.8 Å². The van der Waals surface area contributed by atoms with Gasteiger partial charge in [-0.05, 0) is 73.5 Å². The number of carbonyl (C=O) groups is 1. The van der Waals surface area contributed by atoms with Crippen molar-refractivity contribution in [2.24, 2.45) is 34.5 Å². The molecule has 4 aliphatic rings. The van der Waals surface area contributed by atoms with Crippen molar-refractivity contribution in [3.63, 3.8) is 0 Å². The first-order valence-electron chi connectivity index (χ1n) is 12.4. The molecule has 2 unspecified atom stereocenters. The van der Waals surface area contributed by atoms with Crippen LogP contribution >= 0.6 is 0 Å². The van der Waals surface area contributed by atoms with Crippen LogP contribution in [-0.2, 0) is 4.79 Å². The van der Waals surface area contributed by atoms with Crippen molar-refractivity contribution < 1.29 is 15.0 Å². The third kappa shape index (κ3) is 3.54. The molecule has 4 aliphatic carbocycles. The van der Waals surface area contributed by atoms with Gasteiger partial charge in [0.15, 0.2) is 0 Å². The number of hydrogen-bond acceptors (Lipinski definition) is 3. The van der Waals surface area contributed by atoms with Crippen molar-refractivity contribution in [2.75, 3.05) is 0 Å². The van der Waals surface area contributed by atoms with Gasteiger partial charge in [0, 0.05) is 18.8 Å². The molecule has 0 spiro atoms. The third-order valence-electron chi connectivity index (χ3n) is 9.51. The van der Waals surface area contributed by atoms with Gasteiger partial charge < -0.3 is 10.2 Å². The van der Waals surface area contributed by atoms with E-state index < -0.39 is 0 Å². The van der Waals surface area contributed by atoms with Crippen molar-refractivity contribution in [2.45, 2.75) is 105 Å². The van der Waals surface area contributed by atoms with Gasteiger partial charge in [-0.3, -0.25) is 4.79 Å². The average molecular weight is 415 g/mol. The van der Waals surface area contributed by atoms with Gasteiger partial charge in [0.25, 0.3) is 0 Å². The topological polar surface area (TPSA) is 57.5 Å². The summed E-state index contributed by atoms with van der Waals surface area (Å²) in [5.41, 5.74) is 4.85. The van der Waals surface area contributed by atoms with E-state index in [4.69, 9.17) is 0 Å². The highest BCUT2D eigenvalue weighted by atomic mass is 16.3. The molecule has 0 aromatic carbocycles. The molecule has 2 fully saturated rings. The number of aliphatic hydroxyl groups excluding tert-OH is 2. The quantitative estimate of drug-likeness (QED) is 0.576. The number of allylic oxidation sites excluding steroid dienone is 4. The van der Waals surface area contributed by atoms with E-state index in [9.17, 15) is 15.0 Å². The number of carbonyl (C=O) groups excluding carboxylic acids is 1. The fourth-order valence-corrected chi connectivity index (χ4v) is 7.57. The van der Waals surface area contributed by atoms with Crippen LogP contribution in [-0.4, -0.2) is 28.2 Å². The first-order chi connectivity index (χ1) is 14.1. The van der Waals surface area contributed by atoms with Crippen LogP contribution in [0.15, 0.2) is 22.8 Å². The second kappa shape index (κ2) is 7.89. The molecule has 168 valence electrons. The van der Waals surface area contributed by atoms with Gasteiger partial charge in [-0.2, -0.15) is 0 Å². The van der Waals surface area contributed by atoms with Gasteiger partial charge in [0.1, 0.15) is 5.78 Å². The Balaban J connectivity index is 1.58. The Kier molecular flexibility index (Phi) is 5.85. The molecule has 0 bridgehead atoms. The molecule has 3 nitrogen and oxygen atoms in total. The lowest BCUT2D eigenvalue weighted by Gasteiger charge is -2.54. The Hall–Kier alpha value is -0.930. The van der Waals surface area contributed by atoms with E-state index in [1.165, 1.54) is 0 Å². The second-order valence-electron chi connectivity index (χ2n) is 11.8. The summed E-state index contributed by atoms with van der Waals surface area (Å²) in [5.74, 6) is 1.77. The van der Waals surface area contributed by atoms with E-state index in [2.05, 4.69) is 40.7 Å². The highest BCUT2D eigenvalue weighted by Crippen LogP contribution is 2.63. The minimum absolute atomic E-state index is 0.0257. The molecule has 4 rings (SSSR count). The zero-order valence-electron chi connectivity index (χ0n) is 19.7. The predicted molar refractivity (Wildman–Crippen MR) is 121 cm³/mol. The van der Waals surface area contributed by atoms with E-state index in [1.807, 2.05) is 0 Å². The maximum Gasteiger partial charge on any atom is 0.133 e. The Morgan fingerprint density at radius 3 is 2.57 bits per heavy atom. The van der Waals surface area contributed by atoms with Crippen LogP contribution in [0.1, 0.15) is 92.4 Å². The molecule has 2 N–H and O–H groups in total. The summed E-state index contributed by atoms with van der Waals surface area (Å²) >= 11 is 0. The first-order valence-corrected chi connectivity index (χ1v) is 12.4. The molecule has 2 saturated carbocycles. The van der Waals surface area contributed by atoms with Gasteiger partial charge >= 0.3 is 0 Å². The molecule has 0 heterocycles. The van der Waals surface area contributed by atoms with Crippen molar-refractivity contribution in [1.29, 1.82) is 0 Å². The van der Waals surface area contributed by atoms with Crippen LogP contribution in [0, 0.1) is 34.5 Å². The molecule has 0 amide bonds. The van der Waals surface area contributed by atoms with E-state index in [-0.39, 0.29) is 29.0 Å². The maximum absolute atomic E-state index is 12.5. The van der Waals surface area contributed by atoms with Crippen LogP contribution in [0.5, 0.6) is 0 Å². The molecule has 0 aromatic heterocycles. The minimum Gasteiger partial charge on any atom is -0.393 e. The zero-order chi connectivity index (χ0) is 21.8. The Bertz CT molecular complexity index is 762. The number of Topliss-reactive ketones (excluding diaryl/α,β-unsaturated/α-hetero) is 1. The molecule has 0 radical (unpaired) electrons. The van der Waals surface area contributed by atoms with E-state index >= 15 is 0 Å². The van der Waals surface area contributed by atoms with E-state index in [1.54, 1.807) is 16.7 Å². The van der Waals surface area contributed by atoms with Crippen LogP contribution in [0.4, 0.5) is 0 Å².